The monoisotopic (exact) mass is 629 g/mol. The molecule has 0 aromatic heterocycles. The Balaban J connectivity index is 2.32. The van der Waals surface area contributed by atoms with Gasteiger partial charge in [-0.1, -0.05) is 30.4 Å². The molecule has 1 aliphatic heterocycles. The van der Waals surface area contributed by atoms with Crippen LogP contribution in [-0.4, -0.2) is 17.6 Å². The minimum Gasteiger partial charge on any atom is -0.336 e. The molecule has 0 spiro atoms. The van der Waals surface area contributed by atoms with E-state index in [4.69, 9.17) is 0 Å². The number of rotatable bonds is 3. The Kier molecular flexibility index (Phi) is 6.13. The van der Waals surface area contributed by atoms with Crippen LogP contribution in [0.15, 0.2) is 42.5 Å². The van der Waals surface area contributed by atoms with Crippen LogP contribution in [0.2, 0.25) is 0 Å². The topological polar surface area (TPSA) is 3.24 Å². The lowest BCUT2D eigenvalue weighted by Gasteiger charge is -2.35. The molecule has 1 unspecified atom stereocenters. The highest BCUT2D eigenvalue weighted by atomic mass is 127. The van der Waals surface area contributed by atoms with Crippen molar-refractivity contribution in [3.63, 3.8) is 0 Å². The Labute approximate surface area is 192 Å². The summed E-state index contributed by atoms with van der Waals surface area (Å²) in [6.07, 6.45) is -8.26. The average molecular weight is 630 g/mol. The van der Waals surface area contributed by atoms with Gasteiger partial charge in [0.1, 0.15) is 0 Å². The molecule has 1 heterocycles. The van der Waals surface area contributed by atoms with Gasteiger partial charge in [-0.25, -0.2) is 4.39 Å². The number of anilines is 2. The molecule has 0 fully saturated rings. The van der Waals surface area contributed by atoms with Gasteiger partial charge in [0.05, 0.1) is 11.3 Å². The molecule has 1 aliphatic rings. The van der Waals surface area contributed by atoms with Gasteiger partial charge in [0.25, 0.3) is 0 Å². The zero-order valence-corrected chi connectivity index (χ0v) is 18.7. The minimum atomic E-state index is -6.20. The maximum absolute atomic E-state index is 14.8. The van der Waals surface area contributed by atoms with E-state index in [0.717, 1.165) is 0 Å². The summed E-state index contributed by atoms with van der Waals surface area (Å²) in [5.74, 6) is 0. The summed E-state index contributed by atoms with van der Waals surface area (Å²) in [5.41, 5.74) is -8.60. The second kappa shape index (κ2) is 7.85. The van der Waals surface area contributed by atoms with E-state index in [9.17, 15) is 39.5 Å². The third-order valence-electron chi connectivity index (χ3n) is 4.63. The van der Waals surface area contributed by atoms with E-state index < -0.39 is 43.2 Å². The predicted molar refractivity (Wildman–Crippen MR) is 109 cm³/mol. The Morgan fingerprint density at radius 1 is 0.903 bits per heavy atom. The molecule has 0 saturated heterocycles. The average Bonchev–Trinajstić information content (AvgIpc) is 2.64. The SMILES string of the molecule is FC(F)(F)c1cc(C(F)(C(F)(F)F)C(F)(F)Br)cc(I)c1N1CC=Cc2ccccc21. The van der Waals surface area contributed by atoms with Gasteiger partial charge in [0, 0.05) is 21.4 Å². The number of benzene rings is 2. The Bertz CT molecular complexity index is 1010. The number of hydrogen-bond donors (Lipinski definition) is 0. The minimum absolute atomic E-state index is 0.0654. The summed E-state index contributed by atoms with van der Waals surface area (Å²) in [7, 11) is 0. The summed E-state index contributed by atoms with van der Waals surface area (Å²) >= 11 is 2.65. The lowest BCUT2D eigenvalue weighted by molar-refractivity contribution is -0.282. The third kappa shape index (κ3) is 4.16. The molecule has 0 radical (unpaired) electrons. The molecule has 1 atom stereocenters. The van der Waals surface area contributed by atoms with Gasteiger partial charge in [0.15, 0.2) is 0 Å². The molecule has 2 aromatic rings. The van der Waals surface area contributed by atoms with Gasteiger partial charge in [0.2, 0.25) is 0 Å². The van der Waals surface area contributed by atoms with Crippen LogP contribution in [0.25, 0.3) is 6.08 Å². The summed E-state index contributed by atoms with van der Waals surface area (Å²) in [6, 6.07) is 6.47. The second-order valence-electron chi connectivity index (χ2n) is 6.58. The first-order valence-electron chi connectivity index (χ1n) is 8.35. The molecule has 0 saturated carbocycles. The lowest BCUT2D eigenvalue weighted by Crippen LogP contribution is -2.49. The zero-order chi connectivity index (χ0) is 23.4. The first kappa shape index (κ1) is 24.2. The Morgan fingerprint density at radius 3 is 2.06 bits per heavy atom. The molecule has 0 N–H and O–H groups in total. The second-order valence-corrected chi connectivity index (χ2v) is 8.74. The van der Waals surface area contributed by atoms with Gasteiger partial charge in [-0.15, -0.1) is 0 Å². The summed E-state index contributed by atoms with van der Waals surface area (Å²) in [4.78, 5) is -4.03. The van der Waals surface area contributed by atoms with Crippen LogP contribution in [-0.2, 0) is 11.8 Å². The standard InChI is InChI=1S/C19H10BrF9IN/c20-18(25,26)16(21,19(27,28)29)11-8-12(17(22,23)24)15(13(30)9-11)31-7-3-5-10-4-1-2-6-14(10)31/h1-6,8-9H,7H2. The molecular weight excluding hydrogens is 620 g/mol. The Morgan fingerprint density at radius 2 is 1.52 bits per heavy atom. The van der Waals surface area contributed by atoms with Crippen molar-refractivity contribution in [1.82, 2.24) is 0 Å². The summed E-state index contributed by atoms with van der Waals surface area (Å²) in [6.45, 7) is -0.0654. The molecule has 31 heavy (non-hydrogen) atoms. The smallest absolute Gasteiger partial charge is 0.336 e. The van der Waals surface area contributed by atoms with Crippen molar-refractivity contribution < 1.29 is 39.5 Å². The van der Waals surface area contributed by atoms with Gasteiger partial charge in [-0.2, -0.15) is 35.1 Å². The van der Waals surface area contributed by atoms with Crippen LogP contribution in [0.1, 0.15) is 16.7 Å². The van der Waals surface area contributed by atoms with Crippen LogP contribution in [0.5, 0.6) is 0 Å². The molecule has 12 heteroatoms. The third-order valence-corrected chi connectivity index (χ3v) is 6.00. The van der Waals surface area contributed by atoms with E-state index in [0.29, 0.717) is 17.3 Å². The molecule has 0 amide bonds. The maximum Gasteiger partial charge on any atom is 0.433 e. The van der Waals surface area contributed by atoms with Crippen LogP contribution < -0.4 is 4.90 Å². The van der Waals surface area contributed by atoms with Crippen molar-refractivity contribution in [3.05, 3.63) is 62.7 Å². The molecule has 1 nitrogen and oxygen atoms in total. The lowest BCUT2D eigenvalue weighted by atomic mass is 9.92. The van der Waals surface area contributed by atoms with Crippen molar-refractivity contribution in [3.8, 4) is 0 Å². The van der Waals surface area contributed by atoms with Gasteiger partial charge < -0.3 is 4.90 Å². The maximum atomic E-state index is 14.8. The summed E-state index contributed by atoms with van der Waals surface area (Å²) < 4.78 is 123. The fraction of sp³-hybridized carbons (Fsp3) is 0.263. The largest absolute Gasteiger partial charge is 0.433 e. The fourth-order valence-electron chi connectivity index (χ4n) is 3.25. The number of alkyl halides is 10. The van der Waals surface area contributed by atoms with Gasteiger partial charge in [-0.3, -0.25) is 0 Å². The quantitative estimate of drug-likeness (QED) is 0.188. The van der Waals surface area contributed by atoms with Gasteiger partial charge in [-0.05, 0) is 62.3 Å². The van der Waals surface area contributed by atoms with Crippen LogP contribution >= 0.6 is 38.5 Å². The molecule has 168 valence electrons. The van der Waals surface area contributed by atoms with Crippen molar-refractivity contribution in [2.75, 3.05) is 11.4 Å². The van der Waals surface area contributed by atoms with Crippen LogP contribution in [0.4, 0.5) is 50.9 Å². The molecule has 3 rings (SSSR count). The van der Waals surface area contributed by atoms with Gasteiger partial charge >= 0.3 is 22.9 Å². The molecule has 2 aromatic carbocycles. The highest BCUT2D eigenvalue weighted by molar-refractivity contribution is 14.1. The predicted octanol–water partition coefficient (Wildman–Crippen LogP) is 8.19. The van der Waals surface area contributed by atoms with Crippen LogP contribution in [0.3, 0.4) is 0 Å². The highest BCUT2D eigenvalue weighted by Crippen LogP contribution is 2.57. The van der Waals surface area contributed by atoms with Crippen LogP contribution in [0, 0.1) is 3.57 Å². The normalized spacial score (nSPS) is 16.8. The van der Waals surface area contributed by atoms with Crippen molar-refractivity contribution in [2.24, 2.45) is 0 Å². The zero-order valence-electron chi connectivity index (χ0n) is 14.9. The number of para-hydroxylation sites is 1. The Hall–Kier alpha value is -1.44. The van der Waals surface area contributed by atoms with E-state index in [2.05, 4.69) is 0 Å². The van der Waals surface area contributed by atoms with E-state index >= 15 is 0 Å². The number of nitrogens with zero attached hydrogens (tertiary/aromatic N) is 1. The number of halogens is 11. The van der Waals surface area contributed by atoms with E-state index in [-0.39, 0.29) is 12.6 Å². The first-order chi connectivity index (χ1) is 14.1. The van der Waals surface area contributed by atoms with E-state index in [1.807, 2.05) is 0 Å². The summed E-state index contributed by atoms with van der Waals surface area (Å²) in [5, 5.41) is 0. The van der Waals surface area contributed by atoms with E-state index in [1.165, 1.54) is 55.6 Å². The van der Waals surface area contributed by atoms with E-state index in [1.54, 1.807) is 24.3 Å². The molecule has 0 bridgehead atoms. The number of fused-ring (bicyclic) bond motifs is 1. The molecule has 0 aliphatic carbocycles. The fourth-order valence-corrected chi connectivity index (χ4v) is 4.62. The van der Waals surface area contributed by atoms with Crippen molar-refractivity contribution in [1.29, 1.82) is 0 Å². The highest BCUT2D eigenvalue weighted by Gasteiger charge is 2.71. The first-order valence-corrected chi connectivity index (χ1v) is 10.2. The van der Waals surface area contributed by atoms with Crippen molar-refractivity contribution >= 4 is 56.0 Å². The number of hydrogen-bond acceptors (Lipinski definition) is 1. The van der Waals surface area contributed by atoms with Crippen molar-refractivity contribution in [2.45, 2.75) is 22.9 Å². The molecular formula is C19H10BrF9IN.